The average molecular weight is 245 g/mol. The van der Waals surface area contributed by atoms with Crippen molar-refractivity contribution in [3.05, 3.63) is 34.7 Å². The minimum absolute atomic E-state index is 0.222. The first kappa shape index (κ1) is 11.2. The molecule has 1 atom stereocenters. The van der Waals surface area contributed by atoms with Crippen LogP contribution in [0.15, 0.2) is 24.3 Å². The summed E-state index contributed by atoms with van der Waals surface area (Å²) in [5, 5.41) is 1.43. The number of nitrogens with two attached hydrogens (primary N) is 1. The summed E-state index contributed by atoms with van der Waals surface area (Å²) in [5.41, 5.74) is 8.29. The Hall–Kier alpha value is -0.860. The van der Waals surface area contributed by atoms with Crippen LogP contribution in [0.1, 0.15) is 43.2 Å². The van der Waals surface area contributed by atoms with E-state index in [9.17, 15) is 0 Å². The zero-order valence-electron chi connectivity index (χ0n) is 10.5. The third kappa shape index (κ3) is 1.90. The Morgan fingerprint density at radius 3 is 2.88 bits per heavy atom. The molecule has 0 fully saturated rings. The summed E-state index contributed by atoms with van der Waals surface area (Å²) in [6.07, 6.45) is 3.53. The first-order valence-corrected chi connectivity index (χ1v) is 7.14. The van der Waals surface area contributed by atoms with Crippen molar-refractivity contribution >= 4 is 21.4 Å². The fourth-order valence-corrected chi connectivity index (χ4v) is 4.18. The number of fused-ring (bicyclic) bond motifs is 3. The first-order chi connectivity index (χ1) is 8.07. The maximum absolute atomic E-state index is 6.40. The van der Waals surface area contributed by atoms with Crippen LogP contribution < -0.4 is 5.73 Å². The Morgan fingerprint density at radius 2 is 2.06 bits per heavy atom. The minimum atomic E-state index is 0.222. The van der Waals surface area contributed by atoms with E-state index in [1.165, 1.54) is 33.4 Å². The van der Waals surface area contributed by atoms with Crippen LogP contribution in [0.4, 0.5) is 0 Å². The number of benzene rings is 1. The number of thiophene rings is 1. The predicted molar refractivity (Wildman–Crippen MR) is 75.5 cm³/mol. The van der Waals surface area contributed by atoms with Crippen LogP contribution in [0.5, 0.6) is 0 Å². The van der Waals surface area contributed by atoms with Gasteiger partial charge in [-0.3, -0.25) is 0 Å². The molecule has 1 unspecified atom stereocenters. The zero-order chi connectivity index (χ0) is 12.0. The third-order valence-electron chi connectivity index (χ3n) is 3.89. The Balaban J connectivity index is 2.16. The van der Waals surface area contributed by atoms with E-state index in [4.69, 9.17) is 5.73 Å². The lowest BCUT2D eigenvalue weighted by atomic mass is 9.83. The van der Waals surface area contributed by atoms with Crippen LogP contribution in [0.2, 0.25) is 0 Å². The molecule has 0 aliphatic heterocycles. The number of rotatable bonds is 0. The maximum Gasteiger partial charge on any atom is 0.0398 e. The molecule has 1 nitrogen and oxygen atoms in total. The summed E-state index contributed by atoms with van der Waals surface area (Å²) >= 11 is 1.90. The van der Waals surface area contributed by atoms with E-state index in [0.29, 0.717) is 5.41 Å². The molecule has 1 heterocycles. The van der Waals surface area contributed by atoms with E-state index < -0.39 is 0 Å². The van der Waals surface area contributed by atoms with Gasteiger partial charge in [-0.05, 0) is 41.7 Å². The van der Waals surface area contributed by atoms with Crippen molar-refractivity contribution in [1.29, 1.82) is 0 Å². The molecule has 90 valence electrons. The van der Waals surface area contributed by atoms with Gasteiger partial charge >= 0.3 is 0 Å². The van der Waals surface area contributed by atoms with Gasteiger partial charge in [0.05, 0.1) is 0 Å². The molecule has 0 bridgehead atoms. The summed E-state index contributed by atoms with van der Waals surface area (Å²) in [5.74, 6) is 0. The van der Waals surface area contributed by atoms with E-state index in [1.807, 2.05) is 11.3 Å². The van der Waals surface area contributed by atoms with Crippen LogP contribution in [0.25, 0.3) is 10.1 Å². The van der Waals surface area contributed by atoms with E-state index in [-0.39, 0.29) is 6.04 Å². The van der Waals surface area contributed by atoms with Gasteiger partial charge in [0.1, 0.15) is 0 Å². The molecule has 0 radical (unpaired) electrons. The van der Waals surface area contributed by atoms with Crippen molar-refractivity contribution < 1.29 is 0 Å². The highest BCUT2D eigenvalue weighted by atomic mass is 32.1. The van der Waals surface area contributed by atoms with Gasteiger partial charge in [-0.2, -0.15) is 0 Å². The zero-order valence-corrected chi connectivity index (χ0v) is 11.3. The fourth-order valence-electron chi connectivity index (χ4n) is 2.93. The SMILES string of the molecule is CC1(C)CCc2c(sc3ccccc23)C(N)C1. The van der Waals surface area contributed by atoms with Crippen LogP contribution in [-0.2, 0) is 6.42 Å². The van der Waals surface area contributed by atoms with E-state index in [0.717, 1.165) is 6.42 Å². The molecular formula is C15H19NS. The number of aryl methyl sites for hydroxylation is 1. The quantitative estimate of drug-likeness (QED) is 0.689. The topological polar surface area (TPSA) is 26.0 Å². The Morgan fingerprint density at radius 1 is 1.29 bits per heavy atom. The van der Waals surface area contributed by atoms with E-state index >= 15 is 0 Å². The lowest BCUT2D eigenvalue weighted by Gasteiger charge is -2.24. The van der Waals surface area contributed by atoms with Gasteiger partial charge in [-0.25, -0.2) is 0 Å². The summed E-state index contributed by atoms with van der Waals surface area (Å²) in [6, 6.07) is 8.94. The molecule has 0 saturated heterocycles. The smallest absolute Gasteiger partial charge is 0.0398 e. The highest BCUT2D eigenvalue weighted by molar-refractivity contribution is 7.19. The van der Waals surface area contributed by atoms with Gasteiger partial charge in [0, 0.05) is 15.6 Å². The molecule has 2 heteroatoms. The lowest BCUT2D eigenvalue weighted by Crippen LogP contribution is -2.18. The van der Waals surface area contributed by atoms with Gasteiger partial charge in [0.15, 0.2) is 0 Å². The standard InChI is InChI=1S/C15H19NS/c1-15(2)8-7-11-10-5-3-4-6-13(10)17-14(11)12(16)9-15/h3-6,12H,7-9,16H2,1-2H3. The van der Waals surface area contributed by atoms with Crippen LogP contribution in [-0.4, -0.2) is 0 Å². The fraction of sp³-hybridized carbons (Fsp3) is 0.467. The van der Waals surface area contributed by atoms with Crippen molar-refractivity contribution in [2.75, 3.05) is 0 Å². The Bertz CT molecular complexity index is 553. The molecule has 0 saturated carbocycles. The van der Waals surface area contributed by atoms with Crippen molar-refractivity contribution in [2.45, 2.75) is 39.2 Å². The van der Waals surface area contributed by atoms with Gasteiger partial charge in [-0.1, -0.05) is 32.0 Å². The molecule has 1 aliphatic carbocycles. The second kappa shape index (κ2) is 3.82. The molecule has 17 heavy (non-hydrogen) atoms. The van der Waals surface area contributed by atoms with Gasteiger partial charge < -0.3 is 5.73 Å². The van der Waals surface area contributed by atoms with Crippen LogP contribution >= 0.6 is 11.3 Å². The summed E-state index contributed by atoms with van der Waals surface area (Å²) in [7, 11) is 0. The molecule has 3 rings (SSSR count). The van der Waals surface area contributed by atoms with Crippen molar-refractivity contribution in [2.24, 2.45) is 11.1 Å². The van der Waals surface area contributed by atoms with Gasteiger partial charge in [0.2, 0.25) is 0 Å². The second-order valence-electron chi connectivity index (χ2n) is 5.92. The third-order valence-corrected chi connectivity index (χ3v) is 5.24. The normalized spacial score (nSPS) is 23.4. The first-order valence-electron chi connectivity index (χ1n) is 6.33. The molecule has 2 aromatic rings. The minimum Gasteiger partial charge on any atom is -0.323 e. The van der Waals surface area contributed by atoms with Gasteiger partial charge in [-0.15, -0.1) is 11.3 Å². The van der Waals surface area contributed by atoms with Crippen LogP contribution in [0, 0.1) is 5.41 Å². The van der Waals surface area contributed by atoms with E-state index in [2.05, 4.69) is 38.1 Å². The molecule has 0 amide bonds. The second-order valence-corrected chi connectivity index (χ2v) is 7.00. The van der Waals surface area contributed by atoms with E-state index in [1.54, 1.807) is 0 Å². The molecule has 1 aliphatic rings. The van der Waals surface area contributed by atoms with Crippen molar-refractivity contribution in [3.63, 3.8) is 0 Å². The monoisotopic (exact) mass is 245 g/mol. The summed E-state index contributed by atoms with van der Waals surface area (Å²) in [6.45, 7) is 4.68. The molecule has 1 aromatic carbocycles. The molecule has 2 N–H and O–H groups in total. The number of hydrogen-bond acceptors (Lipinski definition) is 2. The molecular weight excluding hydrogens is 226 g/mol. The highest BCUT2D eigenvalue weighted by Crippen LogP contribution is 2.44. The largest absolute Gasteiger partial charge is 0.323 e. The molecule has 0 spiro atoms. The molecule has 1 aromatic heterocycles. The Labute approximate surface area is 107 Å². The average Bonchev–Trinajstić information content (AvgIpc) is 2.59. The Kier molecular flexibility index (Phi) is 2.53. The summed E-state index contributed by atoms with van der Waals surface area (Å²) < 4.78 is 1.40. The number of hydrogen-bond donors (Lipinski definition) is 1. The van der Waals surface area contributed by atoms with Gasteiger partial charge in [0.25, 0.3) is 0 Å². The lowest BCUT2D eigenvalue weighted by molar-refractivity contribution is 0.294. The highest BCUT2D eigenvalue weighted by Gasteiger charge is 2.29. The predicted octanol–water partition coefficient (Wildman–Crippen LogP) is 4.26. The summed E-state index contributed by atoms with van der Waals surface area (Å²) in [4.78, 5) is 1.43. The van der Waals surface area contributed by atoms with Crippen molar-refractivity contribution in [3.8, 4) is 0 Å². The maximum atomic E-state index is 6.40. The van der Waals surface area contributed by atoms with Crippen molar-refractivity contribution in [1.82, 2.24) is 0 Å². The van der Waals surface area contributed by atoms with Crippen LogP contribution in [0.3, 0.4) is 0 Å².